The lowest BCUT2D eigenvalue weighted by atomic mass is 9.82. The third-order valence-electron chi connectivity index (χ3n) is 2.03. The summed E-state index contributed by atoms with van der Waals surface area (Å²) in [6.45, 7) is -0.0718. The molecule has 1 aliphatic carbocycles. The normalized spacial score (nSPS) is 26.8. The summed E-state index contributed by atoms with van der Waals surface area (Å²) in [7, 11) is 0. The van der Waals surface area contributed by atoms with Crippen molar-refractivity contribution in [1.29, 1.82) is 0 Å². The van der Waals surface area contributed by atoms with Crippen LogP contribution in [0.25, 0.3) is 0 Å². The van der Waals surface area contributed by atoms with Gasteiger partial charge in [-0.1, -0.05) is 30.4 Å². The molecule has 1 atom stereocenters. The lowest BCUT2D eigenvalue weighted by Crippen LogP contribution is -2.20. The van der Waals surface area contributed by atoms with Gasteiger partial charge >= 0.3 is 5.97 Å². The number of aliphatic hydroxyl groups excluding tert-OH is 1. The van der Waals surface area contributed by atoms with Crippen molar-refractivity contribution in [2.75, 3.05) is 6.61 Å². The van der Waals surface area contributed by atoms with Crippen molar-refractivity contribution in [3.05, 3.63) is 36.5 Å². The average molecular weight is 180 g/mol. The molecule has 0 aromatic heterocycles. The summed E-state index contributed by atoms with van der Waals surface area (Å²) in [5.41, 5.74) is -0.521. The average Bonchev–Trinajstić information content (AvgIpc) is 2.16. The van der Waals surface area contributed by atoms with Gasteiger partial charge in [-0.15, -0.1) is 0 Å². The highest BCUT2D eigenvalue weighted by Gasteiger charge is 2.22. The summed E-state index contributed by atoms with van der Waals surface area (Å²) in [4.78, 5) is 10.3. The highest BCUT2D eigenvalue weighted by molar-refractivity contribution is 5.79. The van der Waals surface area contributed by atoms with Gasteiger partial charge in [0.05, 0.1) is 6.61 Å². The summed E-state index contributed by atoms with van der Waals surface area (Å²) < 4.78 is 0. The van der Waals surface area contributed by atoms with Gasteiger partial charge < -0.3 is 10.2 Å². The molecule has 0 heterocycles. The van der Waals surface area contributed by atoms with E-state index in [4.69, 9.17) is 10.2 Å². The largest absolute Gasteiger partial charge is 0.478 e. The Hall–Kier alpha value is -1.35. The van der Waals surface area contributed by atoms with Gasteiger partial charge in [-0.2, -0.15) is 0 Å². The molecule has 1 rings (SSSR count). The SMILES string of the molecule is O=C(O)/C=C/C1(CO)C=CC=CC1. The van der Waals surface area contributed by atoms with Gasteiger partial charge in [0.1, 0.15) is 0 Å². The molecule has 2 N–H and O–H groups in total. The fraction of sp³-hybridized carbons (Fsp3) is 0.300. The molecular formula is C10H12O3. The maximum atomic E-state index is 10.3. The Balaban J connectivity index is 2.76. The molecule has 0 fully saturated rings. The van der Waals surface area contributed by atoms with Gasteiger partial charge in [-0.3, -0.25) is 0 Å². The van der Waals surface area contributed by atoms with Crippen molar-refractivity contribution in [3.63, 3.8) is 0 Å². The second kappa shape index (κ2) is 4.05. The molecular weight excluding hydrogens is 168 g/mol. The van der Waals surface area contributed by atoms with E-state index in [0.29, 0.717) is 6.42 Å². The fourth-order valence-electron chi connectivity index (χ4n) is 1.21. The Morgan fingerprint density at radius 2 is 2.31 bits per heavy atom. The maximum Gasteiger partial charge on any atom is 0.328 e. The van der Waals surface area contributed by atoms with E-state index >= 15 is 0 Å². The summed E-state index contributed by atoms with van der Waals surface area (Å²) in [6, 6.07) is 0. The van der Waals surface area contributed by atoms with Crippen LogP contribution in [0, 0.1) is 5.41 Å². The lowest BCUT2D eigenvalue weighted by Gasteiger charge is -2.24. The van der Waals surface area contributed by atoms with E-state index in [2.05, 4.69) is 0 Å². The number of aliphatic carboxylic acids is 1. The van der Waals surface area contributed by atoms with E-state index in [1.807, 2.05) is 24.3 Å². The Morgan fingerprint density at radius 1 is 1.54 bits per heavy atom. The molecule has 70 valence electrons. The zero-order chi connectivity index (χ0) is 9.73. The molecule has 0 amide bonds. The first-order valence-electron chi connectivity index (χ1n) is 4.06. The molecule has 0 spiro atoms. The van der Waals surface area contributed by atoms with Crippen molar-refractivity contribution in [1.82, 2.24) is 0 Å². The lowest BCUT2D eigenvalue weighted by molar-refractivity contribution is -0.131. The number of carbonyl (C=O) groups is 1. The van der Waals surface area contributed by atoms with Crippen LogP contribution < -0.4 is 0 Å². The van der Waals surface area contributed by atoms with E-state index in [1.165, 1.54) is 6.08 Å². The highest BCUT2D eigenvalue weighted by atomic mass is 16.4. The number of allylic oxidation sites excluding steroid dienone is 3. The highest BCUT2D eigenvalue weighted by Crippen LogP contribution is 2.28. The number of rotatable bonds is 3. The number of carboxylic acid groups (broad SMARTS) is 1. The predicted molar refractivity (Wildman–Crippen MR) is 49.2 cm³/mol. The van der Waals surface area contributed by atoms with Crippen LogP contribution in [-0.2, 0) is 4.79 Å². The summed E-state index contributed by atoms with van der Waals surface area (Å²) in [5, 5.41) is 17.6. The molecule has 3 nitrogen and oxygen atoms in total. The fourth-order valence-corrected chi connectivity index (χ4v) is 1.21. The number of hydrogen-bond acceptors (Lipinski definition) is 2. The van der Waals surface area contributed by atoms with Crippen molar-refractivity contribution in [3.8, 4) is 0 Å². The molecule has 3 heteroatoms. The third kappa shape index (κ3) is 2.56. The van der Waals surface area contributed by atoms with Crippen molar-refractivity contribution >= 4 is 5.97 Å². The second-order valence-corrected chi connectivity index (χ2v) is 3.05. The van der Waals surface area contributed by atoms with Crippen LogP contribution in [0.5, 0.6) is 0 Å². The number of aliphatic hydroxyl groups is 1. The van der Waals surface area contributed by atoms with Crippen LogP contribution in [0.2, 0.25) is 0 Å². The first kappa shape index (κ1) is 9.74. The Morgan fingerprint density at radius 3 is 2.77 bits per heavy atom. The van der Waals surface area contributed by atoms with E-state index in [9.17, 15) is 4.79 Å². The first-order valence-corrected chi connectivity index (χ1v) is 4.06. The van der Waals surface area contributed by atoms with Crippen LogP contribution in [0.4, 0.5) is 0 Å². The zero-order valence-electron chi connectivity index (χ0n) is 7.18. The Kier molecular flexibility index (Phi) is 3.03. The first-order chi connectivity index (χ1) is 6.18. The van der Waals surface area contributed by atoms with Gasteiger partial charge in [-0.25, -0.2) is 4.79 Å². The van der Waals surface area contributed by atoms with Gasteiger partial charge in [-0.05, 0) is 6.42 Å². The van der Waals surface area contributed by atoms with E-state index in [1.54, 1.807) is 0 Å². The van der Waals surface area contributed by atoms with Gasteiger partial charge in [0, 0.05) is 11.5 Å². The molecule has 1 unspecified atom stereocenters. The van der Waals surface area contributed by atoms with E-state index < -0.39 is 11.4 Å². The third-order valence-corrected chi connectivity index (χ3v) is 2.03. The maximum absolute atomic E-state index is 10.3. The summed E-state index contributed by atoms with van der Waals surface area (Å²) in [5.74, 6) is -0.990. The standard InChI is InChI=1S/C10H12O3/c11-8-10(7-4-9(12)13)5-2-1-3-6-10/h1-5,7,11H,6,8H2,(H,12,13)/b7-4+. The quantitative estimate of drug-likeness (QED) is 0.640. The Bertz CT molecular complexity index is 276. The number of carboxylic acids is 1. The molecule has 0 aromatic rings. The topological polar surface area (TPSA) is 57.5 Å². The van der Waals surface area contributed by atoms with Crippen LogP contribution in [0.1, 0.15) is 6.42 Å². The van der Waals surface area contributed by atoms with Crippen molar-refractivity contribution in [2.45, 2.75) is 6.42 Å². The van der Waals surface area contributed by atoms with Crippen LogP contribution >= 0.6 is 0 Å². The summed E-state index contributed by atoms with van der Waals surface area (Å²) in [6.07, 6.45) is 10.6. The smallest absolute Gasteiger partial charge is 0.328 e. The van der Waals surface area contributed by atoms with Gasteiger partial charge in [0.2, 0.25) is 0 Å². The van der Waals surface area contributed by atoms with Crippen LogP contribution in [-0.4, -0.2) is 22.8 Å². The van der Waals surface area contributed by atoms with Crippen LogP contribution in [0.15, 0.2) is 36.5 Å². The summed E-state index contributed by atoms with van der Waals surface area (Å²) >= 11 is 0. The molecule has 1 aliphatic rings. The second-order valence-electron chi connectivity index (χ2n) is 3.05. The molecule has 13 heavy (non-hydrogen) atoms. The molecule has 0 saturated heterocycles. The minimum atomic E-state index is -0.990. The van der Waals surface area contributed by atoms with Gasteiger partial charge in [0.15, 0.2) is 0 Å². The minimum absolute atomic E-state index is 0.0718. The molecule has 0 bridgehead atoms. The van der Waals surface area contributed by atoms with E-state index in [-0.39, 0.29) is 6.61 Å². The molecule has 0 aliphatic heterocycles. The molecule has 0 radical (unpaired) electrons. The predicted octanol–water partition coefficient (Wildman–Crippen LogP) is 1.12. The molecule has 0 saturated carbocycles. The number of hydrogen-bond donors (Lipinski definition) is 2. The van der Waals surface area contributed by atoms with Crippen molar-refractivity contribution in [2.24, 2.45) is 5.41 Å². The monoisotopic (exact) mass is 180 g/mol. The van der Waals surface area contributed by atoms with Crippen molar-refractivity contribution < 1.29 is 15.0 Å². The van der Waals surface area contributed by atoms with E-state index in [0.717, 1.165) is 6.08 Å². The Labute approximate surface area is 76.7 Å². The van der Waals surface area contributed by atoms with Crippen LogP contribution in [0.3, 0.4) is 0 Å². The van der Waals surface area contributed by atoms with Gasteiger partial charge in [0.25, 0.3) is 0 Å². The zero-order valence-corrected chi connectivity index (χ0v) is 7.18. The minimum Gasteiger partial charge on any atom is -0.478 e. The molecule has 0 aromatic carbocycles.